The van der Waals surface area contributed by atoms with E-state index in [1.807, 2.05) is 0 Å². The summed E-state index contributed by atoms with van der Waals surface area (Å²) in [6, 6.07) is 0.0250. The van der Waals surface area contributed by atoms with Crippen molar-refractivity contribution in [2.24, 2.45) is 5.92 Å². The zero-order valence-electron chi connectivity index (χ0n) is 12.7. The molecule has 1 aliphatic carbocycles. The van der Waals surface area contributed by atoms with Gasteiger partial charge in [-0.15, -0.1) is 0 Å². The van der Waals surface area contributed by atoms with Crippen LogP contribution in [-0.4, -0.2) is 42.5 Å². The minimum absolute atomic E-state index is 0.0250. The lowest BCUT2D eigenvalue weighted by atomic mass is 9.89. The second-order valence-electron chi connectivity index (χ2n) is 6.11. The molecule has 1 N–H and O–H groups in total. The van der Waals surface area contributed by atoms with Gasteiger partial charge < -0.3 is 14.8 Å². The monoisotopic (exact) mass is 301 g/mol. The average molecular weight is 301 g/mol. The molecule has 0 unspecified atom stereocenters. The molecule has 0 radical (unpaired) electrons. The van der Waals surface area contributed by atoms with E-state index >= 15 is 0 Å². The first-order chi connectivity index (χ1) is 9.62. The van der Waals surface area contributed by atoms with Crippen molar-refractivity contribution in [1.82, 2.24) is 5.32 Å². The van der Waals surface area contributed by atoms with E-state index in [0.717, 1.165) is 37.9 Å². The van der Waals surface area contributed by atoms with Gasteiger partial charge in [0.25, 0.3) is 0 Å². The Morgan fingerprint density at radius 1 is 1.35 bits per heavy atom. The number of carbonyl (C=O) groups is 1. The predicted octanol–water partition coefficient (Wildman–Crippen LogP) is 2.57. The molecule has 4 nitrogen and oxygen atoms in total. The molecule has 2 fully saturated rings. The summed E-state index contributed by atoms with van der Waals surface area (Å²) < 4.78 is 11.6. The van der Waals surface area contributed by atoms with Gasteiger partial charge >= 0.3 is 0 Å². The first-order valence-electron chi connectivity index (χ1n) is 7.77. The number of nitrogens with one attached hydrogen (secondary N) is 1. The SMILES string of the molecule is CC(C)CCSCC(=O)N[C@H]1CCCCC12OCCO2. The molecule has 1 spiro atoms. The Balaban J connectivity index is 1.74. The van der Waals surface area contributed by atoms with E-state index in [1.165, 1.54) is 0 Å². The Kier molecular flexibility index (Phi) is 6.18. The third-order valence-electron chi connectivity index (χ3n) is 3.98. The Bertz CT molecular complexity index is 316. The number of carbonyl (C=O) groups excluding carboxylic acids is 1. The van der Waals surface area contributed by atoms with Gasteiger partial charge in [0.1, 0.15) is 0 Å². The normalized spacial score (nSPS) is 25.2. The van der Waals surface area contributed by atoms with E-state index in [-0.39, 0.29) is 11.9 Å². The number of hydrogen-bond donors (Lipinski definition) is 1. The first kappa shape index (κ1) is 16.1. The number of amides is 1. The summed E-state index contributed by atoms with van der Waals surface area (Å²) in [6.07, 6.45) is 5.29. The second kappa shape index (κ2) is 7.66. The van der Waals surface area contributed by atoms with E-state index in [0.29, 0.717) is 24.9 Å². The van der Waals surface area contributed by atoms with Crippen molar-refractivity contribution in [3.05, 3.63) is 0 Å². The summed E-state index contributed by atoms with van der Waals surface area (Å²) >= 11 is 1.72. The topological polar surface area (TPSA) is 47.6 Å². The van der Waals surface area contributed by atoms with Crippen molar-refractivity contribution in [3.63, 3.8) is 0 Å². The number of ether oxygens (including phenoxy) is 2. The molecule has 1 saturated carbocycles. The molecule has 0 aromatic rings. The molecule has 20 heavy (non-hydrogen) atoms. The second-order valence-corrected chi connectivity index (χ2v) is 7.21. The van der Waals surface area contributed by atoms with Crippen molar-refractivity contribution in [3.8, 4) is 0 Å². The summed E-state index contributed by atoms with van der Waals surface area (Å²) in [5.41, 5.74) is 0. The van der Waals surface area contributed by atoms with Crippen LogP contribution >= 0.6 is 11.8 Å². The molecular formula is C15H27NO3S. The maximum atomic E-state index is 12.1. The minimum atomic E-state index is -0.531. The fourth-order valence-electron chi connectivity index (χ4n) is 2.83. The smallest absolute Gasteiger partial charge is 0.230 e. The summed E-state index contributed by atoms with van der Waals surface area (Å²) in [7, 11) is 0. The number of thioether (sulfide) groups is 1. The maximum Gasteiger partial charge on any atom is 0.230 e. The van der Waals surface area contributed by atoms with Crippen LogP contribution in [0.4, 0.5) is 0 Å². The lowest BCUT2D eigenvalue weighted by molar-refractivity contribution is -0.196. The molecular weight excluding hydrogens is 274 g/mol. The molecule has 1 amide bonds. The highest BCUT2D eigenvalue weighted by molar-refractivity contribution is 7.99. The molecule has 0 bridgehead atoms. The van der Waals surface area contributed by atoms with Crippen LogP contribution in [0, 0.1) is 5.92 Å². The highest BCUT2D eigenvalue weighted by atomic mass is 32.2. The van der Waals surface area contributed by atoms with E-state index in [4.69, 9.17) is 9.47 Å². The lowest BCUT2D eigenvalue weighted by Gasteiger charge is -2.39. The van der Waals surface area contributed by atoms with E-state index < -0.39 is 5.79 Å². The Morgan fingerprint density at radius 3 is 2.80 bits per heavy atom. The molecule has 5 heteroatoms. The molecule has 2 aliphatic rings. The summed E-state index contributed by atoms with van der Waals surface area (Å²) in [4.78, 5) is 12.1. The van der Waals surface area contributed by atoms with Gasteiger partial charge in [0, 0.05) is 6.42 Å². The molecule has 1 saturated heterocycles. The predicted molar refractivity (Wildman–Crippen MR) is 81.8 cm³/mol. The fourth-order valence-corrected chi connectivity index (χ4v) is 3.88. The van der Waals surface area contributed by atoms with Crippen LogP contribution in [0.2, 0.25) is 0 Å². The van der Waals surface area contributed by atoms with E-state index in [2.05, 4.69) is 19.2 Å². The fraction of sp³-hybridized carbons (Fsp3) is 0.933. The average Bonchev–Trinajstić information content (AvgIpc) is 2.87. The first-order valence-corrected chi connectivity index (χ1v) is 8.93. The van der Waals surface area contributed by atoms with Gasteiger partial charge in [0.15, 0.2) is 5.79 Å². The van der Waals surface area contributed by atoms with Gasteiger partial charge in [0.05, 0.1) is 25.0 Å². The number of hydrogen-bond acceptors (Lipinski definition) is 4. The van der Waals surface area contributed by atoms with Crippen molar-refractivity contribution < 1.29 is 14.3 Å². The molecule has 0 aromatic heterocycles. The van der Waals surface area contributed by atoms with Crippen molar-refractivity contribution in [1.29, 1.82) is 0 Å². The van der Waals surface area contributed by atoms with E-state index in [1.54, 1.807) is 11.8 Å². The van der Waals surface area contributed by atoms with E-state index in [9.17, 15) is 4.79 Å². The largest absolute Gasteiger partial charge is 0.347 e. The highest BCUT2D eigenvalue weighted by Gasteiger charge is 2.46. The van der Waals surface area contributed by atoms with Crippen molar-refractivity contribution in [2.75, 3.05) is 24.7 Å². The Hall–Kier alpha value is -0.260. The maximum absolute atomic E-state index is 12.1. The van der Waals surface area contributed by atoms with Crippen LogP contribution in [0.1, 0.15) is 46.0 Å². The summed E-state index contributed by atoms with van der Waals surface area (Å²) in [5.74, 6) is 1.88. The van der Waals surface area contributed by atoms with Crippen LogP contribution in [0.15, 0.2) is 0 Å². The quantitative estimate of drug-likeness (QED) is 0.766. The summed E-state index contributed by atoms with van der Waals surface area (Å²) in [5, 5.41) is 3.13. The lowest BCUT2D eigenvalue weighted by Crippen LogP contribution is -2.55. The minimum Gasteiger partial charge on any atom is -0.347 e. The number of rotatable bonds is 6. The summed E-state index contributed by atoms with van der Waals surface area (Å²) in [6.45, 7) is 5.72. The van der Waals surface area contributed by atoms with Crippen LogP contribution in [-0.2, 0) is 14.3 Å². The molecule has 1 aliphatic heterocycles. The van der Waals surface area contributed by atoms with Crippen LogP contribution in [0.3, 0.4) is 0 Å². The third-order valence-corrected chi connectivity index (χ3v) is 4.97. The zero-order valence-corrected chi connectivity index (χ0v) is 13.5. The van der Waals surface area contributed by atoms with Crippen molar-refractivity contribution in [2.45, 2.75) is 57.8 Å². The van der Waals surface area contributed by atoms with Crippen LogP contribution in [0.25, 0.3) is 0 Å². The standard InChI is InChI=1S/C15H27NO3S/c1-12(2)6-10-20-11-14(17)16-13-5-3-4-7-15(13)18-8-9-19-15/h12-13H,3-11H2,1-2H3,(H,16,17)/t13-/m0/s1. The van der Waals surface area contributed by atoms with Gasteiger partial charge in [-0.1, -0.05) is 20.3 Å². The molecule has 116 valence electrons. The Labute approximate surface area is 126 Å². The molecule has 1 atom stereocenters. The molecule has 1 heterocycles. The van der Waals surface area contributed by atoms with Gasteiger partial charge in [-0.3, -0.25) is 4.79 Å². The van der Waals surface area contributed by atoms with Gasteiger partial charge in [0.2, 0.25) is 5.91 Å². The van der Waals surface area contributed by atoms with Gasteiger partial charge in [-0.05, 0) is 30.9 Å². The Morgan fingerprint density at radius 2 is 2.10 bits per heavy atom. The zero-order chi connectivity index (χ0) is 14.4. The van der Waals surface area contributed by atoms with Crippen LogP contribution in [0.5, 0.6) is 0 Å². The van der Waals surface area contributed by atoms with Crippen molar-refractivity contribution >= 4 is 17.7 Å². The van der Waals surface area contributed by atoms with Gasteiger partial charge in [-0.2, -0.15) is 11.8 Å². The molecule has 2 rings (SSSR count). The van der Waals surface area contributed by atoms with Crippen LogP contribution < -0.4 is 5.32 Å². The van der Waals surface area contributed by atoms with Gasteiger partial charge in [-0.25, -0.2) is 0 Å². The third kappa shape index (κ3) is 4.37. The molecule has 0 aromatic carbocycles. The highest BCUT2D eigenvalue weighted by Crippen LogP contribution is 2.36.